The van der Waals surface area contributed by atoms with Crippen molar-refractivity contribution in [1.82, 2.24) is 20.2 Å². The Morgan fingerprint density at radius 2 is 1.81 bits per heavy atom. The van der Waals surface area contributed by atoms with E-state index in [0.29, 0.717) is 27.8 Å². The van der Waals surface area contributed by atoms with Crippen LogP contribution in [0.15, 0.2) is 42.5 Å². The molecule has 0 atom stereocenters. The maximum atomic E-state index is 13.2. The Labute approximate surface area is 193 Å². The van der Waals surface area contributed by atoms with Crippen LogP contribution in [0.5, 0.6) is 0 Å². The zero-order valence-corrected chi connectivity index (χ0v) is 19.3. The number of rotatable bonds is 5. The predicted molar refractivity (Wildman–Crippen MR) is 129 cm³/mol. The van der Waals surface area contributed by atoms with Crippen molar-refractivity contribution in [2.75, 3.05) is 13.1 Å². The SMILES string of the molecule is Bc1ccc(-c2c(CC)c(C(=O)NN3CCCCC3)nn2-c2ccc(Cl)cc2Cl)cc1. The molecule has 0 saturated carbocycles. The van der Waals surface area contributed by atoms with Crippen LogP contribution in [-0.2, 0) is 6.42 Å². The largest absolute Gasteiger partial charge is 0.286 e. The summed E-state index contributed by atoms with van der Waals surface area (Å²) in [6, 6.07) is 13.5. The van der Waals surface area contributed by atoms with Crippen molar-refractivity contribution in [3.63, 3.8) is 0 Å². The fourth-order valence-electron chi connectivity index (χ4n) is 4.01. The number of nitrogens with one attached hydrogen (secondary N) is 1. The van der Waals surface area contributed by atoms with Gasteiger partial charge in [-0.05, 0) is 37.5 Å². The van der Waals surface area contributed by atoms with E-state index in [0.717, 1.165) is 42.8 Å². The number of hydrazine groups is 1. The Kier molecular flexibility index (Phi) is 6.70. The Bertz CT molecular complexity index is 1090. The molecule has 0 spiro atoms. The third kappa shape index (κ3) is 4.66. The van der Waals surface area contributed by atoms with E-state index in [4.69, 9.17) is 28.3 Å². The van der Waals surface area contributed by atoms with Crippen molar-refractivity contribution in [3.05, 3.63) is 63.8 Å². The van der Waals surface area contributed by atoms with Crippen LogP contribution >= 0.6 is 23.2 Å². The maximum Gasteiger partial charge on any atom is 0.286 e. The molecule has 0 bridgehead atoms. The Morgan fingerprint density at radius 3 is 2.45 bits per heavy atom. The molecule has 3 aromatic rings. The molecule has 1 fully saturated rings. The molecule has 8 heteroatoms. The first kappa shape index (κ1) is 21.9. The maximum absolute atomic E-state index is 13.2. The van der Waals surface area contributed by atoms with Gasteiger partial charge < -0.3 is 0 Å². The molecule has 1 N–H and O–H groups in total. The number of piperidine rings is 1. The first-order chi connectivity index (χ1) is 15.0. The molecule has 4 rings (SSSR count). The number of carbonyl (C=O) groups excluding carboxylic acids is 1. The molecular formula is C23H25BCl2N4O. The van der Waals surface area contributed by atoms with Gasteiger partial charge in [-0.25, -0.2) is 9.69 Å². The van der Waals surface area contributed by atoms with Gasteiger partial charge >= 0.3 is 0 Å². The lowest BCUT2D eigenvalue weighted by Gasteiger charge is -2.26. The number of carbonyl (C=O) groups is 1. The van der Waals surface area contributed by atoms with Gasteiger partial charge in [0, 0.05) is 29.2 Å². The highest BCUT2D eigenvalue weighted by Gasteiger charge is 2.26. The number of halogens is 2. The van der Waals surface area contributed by atoms with Gasteiger partial charge in [0.15, 0.2) is 5.69 Å². The third-order valence-corrected chi connectivity index (χ3v) is 6.17. The molecule has 0 radical (unpaired) electrons. The fraction of sp³-hybridized carbons (Fsp3) is 0.304. The summed E-state index contributed by atoms with van der Waals surface area (Å²) in [6.45, 7) is 3.77. The number of hydrogen-bond donors (Lipinski definition) is 1. The Morgan fingerprint density at radius 1 is 1.10 bits per heavy atom. The van der Waals surface area contributed by atoms with Gasteiger partial charge in [-0.3, -0.25) is 10.2 Å². The zero-order valence-electron chi connectivity index (χ0n) is 17.8. The smallest absolute Gasteiger partial charge is 0.283 e. The average Bonchev–Trinajstić information content (AvgIpc) is 3.14. The second kappa shape index (κ2) is 9.47. The summed E-state index contributed by atoms with van der Waals surface area (Å²) in [6.07, 6.45) is 4.04. The minimum atomic E-state index is -0.184. The van der Waals surface area contributed by atoms with Crippen molar-refractivity contribution < 1.29 is 4.79 Å². The minimum Gasteiger partial charge on any atom is -0.283 e. The number of amides is 1. The molecule has 2 aromatic carbocycles. The summed E-state index contributed by atoms with van der Waals surface area (Å²) in [5, 5.41) is 7.78. The summed E-state index contributed by atoms with van der Waals surface area (Å²) < 4.78 is 1.77. The van der Waals surface area contributed by atoms with E-state index in [1.165, 1.54) is 11.9 Å². The molecule has 31 heavy (non-hydrogen) atoms. The van der Waals surface area contributed by atoms with Crippen molar-refractivity contribution >= 4 is 42.4 Å². The molecule has 1 amide bonds. The van der Waals surface area contributed by atoms with Crippen molar-refractivity contribution in [1.29, 1.82) is 0 Å². The molecule has 1 aliphatic rings. The van der Waals surface area contributed by atoms with Gasteiger partial charge in [0.1, 0.15) is 7.85 Å². The fourth-order valence-corrected chi connectivity index (χ4v) is 4.49. The standard InChI is InChI=1S/C23H25BCl2N4O/c1-2-18-21(23(31)28-29-12-4-3-5-13-29)27-30(20-11-10-17(25)14-19(20)26)22(18)15-6-8-16(24)9-7-15/h6-11,14H,2-5,12-13,24H2,1H3,(H,28,31). The van der Waals surface area contributed by atoms with Crippen molar-refractivity contribution in [3.8, 4) is 16.9 Å². The van der Waals surface area contributed by atoms with Gasteiger partial charge in [-0.15, -0.1) is 0 Å². The molecule has 0 aliphatic carbocycles. The van der Waals surface area contributed by atoms with E-state index in [-0.39, 0.29) is 5.91 Å². The van der Waals surface area contributed by atoms with Crippen LogP contribution in [0.1, 0.15) is 42.2 Å². The van der Waals surface area contributed by atoms with Gasteiger partial charge in [0.25, 0.3) is 5.91 Å². The molecular weight excluding hydrogens is 430 g/mol. The topological polar surface area (TPSA) is 50.2 Å². The van der Waals surface area contributed by atoms with Gasteiger partial charge in [-0.2, -0.15) is 5.10 Å². The average molecular weight is 455 g/mol. The van der Waals surface area contributed by atoms with Crippen LogP contribution in [0.2, 0.25) is 10.0 Å². The monoisotopic (exact) mass is 454 g/mol. The number of benzene rings is 2. The normalized spacial score (nSPS) is 14.5. The van der Waals surface area contributed by atoms with E-state index in [9.17, 15) is 4.79 Å². The van der Waals surface area contributed by atoms with Gasteiger partial charge in [0.2, 0.25) is 0 Å². The van der Waals surface area contributed by atoms with Gasteiger partial charge in [0.05, 0.1) is 16.4 Å². The van der Waals surface area contributed by atoms with Crippen molar-refractivity contribution in [2.45, 2.75) is 32.6 Å². The summed E-state index contributed by atoms with van der Waals surface area (Å²) in [5.41, 5.74) is 8.08. The lowest BCUT2D eigenvalue weighted by atomic mass is 9.93. The number of aromatic nitrogens is 2. The lowest BCUT2D eigenvalue weighted by Crippen LogP contribution is -2.45. The van der Waals surface area contributed by atoms with Crippen LogP contribution in [0.4, 0.5) is 0 Å². The second-order valence-corrected chi connectivity index (χ2v) is 8.74. The lowest BCUT2D eigenvalue weighted by molar-refractivity contribution is 0.0743. The summed E-state index contributed by atoms with van der Waals surface area (Å²) in [7, 11) is 2.05. The highest BCUT2D eigenvalue weighted by molar-refractivity contribution is 6.35. The highest BCUT2D eigenvalue weighted by atomic mass is 35.5. The van der Waals surface area contributed by atoms with E-state index in [1.807, 2.05) is 18.0 Å². The molecule has 1 aromatic heterocycles. The zero-order chi connectivity index (χ0) is 22.0. The van der Waals surface area contributed by atoms with Crippen LogP contribution in [-0.4, -0.2) is 41.6 Å². The molecule has 0 unspecified atom stereocenters. The van der Waals surface area contributed by atoms with E-state index in [1.54, 1.807) is 16.8 Å². The number of nitrogens with zero attached hydrogens (tertiary/aromatic N) is 3. The van der Waals surface area contributed by atoms with Gasteiger partial charge in [-0.1, -0.05) is 66.3 Å². The Balaban J connectivity index is 1.84. The number of hydrogen-bond acceptors (Lipinski definition) is 3. The predicted octanol–water partition coefficient (Wildman–Crippen LogP) is 3.80. The molecule has 1 aliphatic heterocycles. The van der Waals surface area contributed by atoms with E-state index in [2.05, 4.69) is 37.5 Å². The molecule has 5 nitrogen and oxygen atoms in total. The molecule has 2 heterocycles. The van der Waals surface area contributed by atoms with Crippen LogP contribution in [0, 0.1) is 0 Å². The summed E-state index contributed by atoms with van der Waals surface area (Å²) in [5.74, 6) is -0.184. The van der Waals surface area contributed by atoms with Crippen LogP contribution in [0.25, 0.3) is 16.9 Å². The van der Waals surface area contributed by atoms with Crippen LogP contribution < -0.4 is 10.9 Å². The van der Waals surface area contributed by atoms with Crippen LogP contribution in [0.3, 0.4) is 0 Å². The second-order valence-electron chi connectivity index (χ2n) is 7.89. The third-order valence-electron chi connectivity index (χ3n) is 5.63. The first-order valence-corrected chi connectivity index (χ1v) is 11.4. The molecule has 160 valence electrons. The van der Waals surface area contributed by atoms with E-state index >= 15 is 0 Å². The summed E-state index contributed by atoms with van der Waals surface area (Å²) >= 11 is 12.7. The quantitative estimate of drug-likeness (QED) is 0.596. The Hall–Kier alpha value is -2.28. The first-order valence-electron chi connectivity index (χ1n) is 10.7. The van der Waals surface area contributed by atoms with Crippen molar-refractivity contribution in [2.24, 2.45) is 0 Å². The minimum absolute atomic E-state index is 0.184. The highest BCUT2D eigenvalue weighted by Crippen LogP contribution is 2.33. The summed E-state index contributed by atoms with van der Waals surface area (Å²) in [4.78, 5) is 13.2. The van der Waals surface area contributed by atoms with E-state index < -0.39 is 0 Å². The molecule has 1 saturated heterocycles.